The van der Waals surface area contributed by atoms with Gasteiger partial charge in [0.1, 0.15) is 11.6 Å². The molecule has 0 bridgehead atoms. The van der Waals surface area contributed by atoms with E-state index in [2.05, 4.69) is 0 Å². The van der Waals surface area contributed by atoms with Crippen LogP contribution < -0.4 is 0 Å². The average molecular weight is 329 g/mol. The third kappa shape index (κ3) is 5.80. The second-order valence-corrected chi connectivity index (χ2v) is 5.83. The largest absolute Gasteiger partial charge is 0.389 e. The van der Waals surface area contributed by atoms with Gasteiger partial charge in [-0.1, -0.05) is 13.0 Å². The van der Waals surface area contributed by atoms with E-state index >= 15 is 0 Å². The fourth-order valence-corrected chi connectivity index (χ4v) is 2.65. The lowest BCUT2D eigenvalue weighted by Gasteiger charge is -2.27. The fraction of sp³-hybridized carbons (Fsp3) is 0.647. The van der Waals surface area contributed by atoms with Crippen molar-refractivity contribution in [2.75, 3.05) is 32.9 Å². The number of ether oxygens (including phenoxy) is 2. The molecule has 1 aromatic carbocycles. The lowest BCUT2D eigenvalue weighted by Crippen LogP contribution is -2.36. The first-order valence-corrected chi connectivity index (χ1v) is 8.12. The van der Waals surface area contributed by atoms with E-state index in [0.29, 0.717) is 26.3 Å². The summed E-state index contributed by atoms with van der Waals surface area (Å²) in [5.41, 5.74) is 0.0342. The molecule has 1 atom stereocenters. The zero-order valence-corrected chi connectivity index (χ0v) is 13.5. The second kappa shape index (κ2) is 9.27. The van der Waals surface area contributed by atoms with Gasteiger partial charge in [0.05, 0.1) is 18.8 Å². The van der Waals surface area contributed by atoms with Crippen molar-refractivity contribution in [1.29, 1.82) is 0 Å². The minimum Gasteiger partial charge on any atom is -0.389 e. The zero-order valence-electron chi connectivity index (χ0n) is 13.5. The molecular formula is C17H25F2NO3. The van der Waals surface area contributed by atoms with Gasteiger partial charge in [-0.15, -0.1) is 0 Å². The summed E-state index contributed by atoms with van der Waals surface area (Å²) in [6, 6.07) is 3.84. The van der Waals surface area contributed by atoms with Gasteiger partial charge in [-0.2, -0.15) is 0 Å². The lowest BCUT2D eigenvalue weighted by molar-refractivity contribution is -0.0643. The molecule has 1 aliphatic rings. The Balaban J connectivity index is 1.81. The second-order valence-electron chi connectivity index (χ2n) is 5.83. The summed E-state index contributed by atoms with van der Waals surface area (Å²) in [5.74, 6) is -1.12. The van der Waals surface area contributed by atoms with Gasteiger partial charge in [0.25, 0.3) is 0 Å². The van der Waals surface area contributed by atoms with E-state index < -0.39 is 17.7 Å². The van der Waals surface area contributed by atoms with Gasteiger partial charge in [-0.05, 0) is 31.5 Å². The van der Waals surface area contributed by atoms with Gasteiger partial charge in [0.15, 0.2) is 0 Å². The Morgan fingerprint density at radius 1 is 1.30 bits per heavy atom. The number of hydrogen-bond acceptors (Lipinski definition) is 4. The Hall–Kier alpha value is -1.08. The number of hydrogen-bond donors (Lipinski definition) is 1. The minimum atomic E-state index is -0.687. The van der Waals surface area contributed by atoms with E-state index in [1.165, 1.54) is 18.2 Å². The van der Waals surface area contributed by atoms with E-state index in [1.54, 1.807) is 4.90 Å². The van der Waals surface area contributed by atoms with Crippen molar-refractivity contribution in [2.45, 2.75) is 38.5 Å². The summed E-state index contributed by atoms with van der Waals surface area (Å²) in [7, 11) is 0. The Bertz CT molecular complexity index is 461. The van der Waals surface area contributed by atoms with Crippen molar-refractivity contribution >= 4 is 0 Å². The van der Waals surface area contributed by atoms with Gasteiger partial charge in [0, 0.05) is 31.9 Å². The molecular weight excluding hydrogens is 304 g/mol. The number of aliphatic hydroxyl groups excluding tert-OH is 1. The van der Waals surface area contributed by atoms with Gasteiger partial charge in [-0.25, -0.2) is 8.78 Å². The Morgan fingerprint density at radius 3 is 2.57 bits per heavy atom. The van der Waals surface area contributed by atoms with Crippen LogP contribution >= 0.6 is 0 Å². The Labute approximate surface area is 136 Å². The highest BCUT2D eigenvalue weighted by molar-refractivity contribution is 5.19. The number of rotatable bonds is 8. The van der Waals surface area contributed by atoms with Crippen LogP contribution in [0.15, 0.2) is 18.2 Å². The summed E-state index contributed by atoms with van der Waals surface area (Å²) in [5, 5.41) is 10.1. The Kier molecular flexibility index (Phi) is 7.36. The van der Waals surface area contributed by atoms with E-state index in [0.717, 1.165) is 12.8 Å². The van der Waals surface area contributed by atoms with Gasteiger partial charge < -0.3 is 14.6 Å². The lowest BCUT2D eigenvalue weighted by atomic mass is 10.1. The number of likely N-dealkylation sites (N-methyl/N-ethyl adjacent to an activating group) is 1. The zero-order chi connectivity index (χ0) is 16.7. The molecule has 1 saturated heterocycles. The molecule has 1 aromatic rings. The Morgan fingerprint density at radius 2 is 1.96 bits per heavy atom. The fourth-order valence-electron chi connectivity index (χ4n) is 2.65. The first-order valence-electron chi connectivity index (χ1n) is 8.12. The van der Waals surface area contributed by atoms with Gasteiger partial charge in [0.2, 0.25) is 0 Å². The van der Waals surface area contributed by atoms with Crippen molar-refractivity contribution in [3.05, 3.63) is 35.4 Å². The van der Waals surface area contributed by atoms with Crippen molar-refractivity contribution in [1.82, 2.24) is 4.90 Å². The van der Waals surface area contributed by atoms with Crippen LogP contribution in [-0.4, -0.2) is 55.1 Å². The molecule has 130 valence electrons. The smallest absolute Gasteiger partial charge is 0.130 e. The van der Waals surface area contributed by atoms with Crippen molar-refractivity contribution in [3.8, 4) is 0 Å². The van der Waals surface area contributed by atoms with Crippen LogP contribution in [0.4, 0.5) is 8.78 Å². The summed E-state index contributed by atoms with van der Waals surface area (Å²) >= 11 is 0. The molecule has 1 N–H and O–H groups in total. The van der Waals surface area contributed by atoms with Crippen LogP contribution in [0.2, 0.25) is 0 Å². The van der Waals surface area contributed by atoms with E-state index in [-0.39, 0.29) is 24.8 Å². The third-order valence-corrected chi connectivity index (χ3v) is 4.05. The topological polar surface area (TPSA) is 41.9 Å². The molecule has 0 spiro atoms. The monoisotopic (exact) mass is 329 g/mol. The third-order valence-electron chi connectivity index (χ3n) is 4.05. The van der Waals surface area contributed by atoms with Crippen LogP contribution in [-0.2, 0) is 16.0 Å². The van der Waals surface area contributed by atoms with Crippen LogP contribution in [0.25, 0.3) is 0 Å². The molecule has 1 heterocycles. The number of nitrogens with zero attached hydrogens (tertiary/aromatic N) is 1. The minimum absolute atomic E-state index is 0.0342. The van der Waals surface area contributed by atoms with Crippen LogP contribution in [0.3, 0.4) is 0 Å². The van der Waals surface area contributed by atoms with Gasteiger partial charge >= 0.3 is 0 Å². The molecule has 0 saturated carbocycles. The number of benzene rings is 1. The quantitative estimate of drug-likeness (QED) is 0.795. The summed E-state index contributed by atoms with van der Waals surface area (Å²) in [4.78, 5) is 1.81. The highest BCUT2D eigenvalue weighted by Gasteiger charge is 2.19. The summed E-state index contributed by atoms with van der Waals surface area (Å²) in [6.07, 6.45) is 1.11. The summed E-state index contributed by atoms with van der Waals surface area (Å²) < 4.78 is 38.4. The highest BCUT2D eigenvalue weighted by atomic mass is 19.1. The maximum absolute atomic E-state index is 13.7. The van der Waals surface area contributed by atoms with Crippen molar-refractivity contribution in [3.63, 3.8) is 0 Å². The molecule has 0 aliphatic carbocycles. The summed E-state index contributed by atoms with van der Waals surface area (Å²) in [6.45, 7) is 4.52. The van der Waals surface area contributed by atoms with E-state index in [9.17, 15) is 13.9 Å². The van der Waals surface area contributed by atoms with E-state index in [4.69, 9.17) is 9.47 Å². The first kappa shape index (κ1) is 18.3. The van der Waals surface area contributed by atoms with Crippen molar-refractivity contribution < 1.29 is 23.4 Å². The average Bonchev–Trinajstić information content (AvgIpc) is 2.56. The maximum Gasteiger partial charge on any atom is 0.130 e. The molecule has 0 aromatic heterocycles. The molecule has 0 amide bonds. The molecule has 4 nitrogen and oxygen atoms in total. The normalized spacial score (nSPS) is 17.6. The number of aliphatic hydroxyl groups is 1. The van der Waals surface area contributed by atoms with Gasteiger partial charge in [-0.3, -0.25) is 4.90 Å². The molecule has 1 fully saturated rings. The standard InChI is InChI=1S/C17H25F2NO3/c1-2-20(11-15-16(18)4-3-5-17(15)19)10-13(21)12-23-14-6-8-22-9-7-14/h3-5,13-14,21H,2,6-12H2,1H3. The van der Waals surface area contributed by atoms with Crippen LogP contribution in [0.1, 0.15) is 25.3 Å². The predicted molar refractivity (Wildman–Crippen MR) is 83.1 cm³/mol. The molecule has 1 aliphatic heterocycles. The van der Waals surface area contributed by atoms with Crippen LogP contribution in [0, 0.1) is 11.6 Å². The predicted octanol–water partition coefficient (Wildman–Crippen LogP) is 2.34. The molecule has 0 radical (unpaired) electrons. The first-order chi connectivity index (χ1) is 11.1. The number of halogens is 2. The molecule has 1 unspecified atom stereocenters. The van der Waals surface area contributed by atoms with Crippen molar-refractivity contribution in [2.24, 2.45) is 0 Å². The highest BCUT2D eigenvalue weighted by Crippen LogP contribution is 2.15. The SMILES string of the molecule is CCN(Cc1c(F)cccc1F)CC(O)COC1CCOCC1. The molecule has 6 heteroatoms. The maximum atomic E-state index is 13.7. The van der Waals surface area contributed by atoms with Crippen LogP contribution in [0.5, 0.6) is 0 Å². The molecule has 23 heavy (non-hydrogen) atoms. The van der Waals surface area contributed by atoms with E-state index in [1.807, 2.05) is 6.92 Å². The molecule has 2 rings (SSSR count).